The van der Waals surface area contributed by atoms with E-state index in [-0.39, 0.29) is 23.1 Å². The van der Waals surface area contributed by atoms with Gasteiger partial charge in [-0.05, 0) is 39.4 Å². The molecule has 1 fully saturated rings. The van der Waals surface area contributed by atoms with E-state index in [9.17, 15) is 4.79 Å². The van der Waals surface area contributed by atoms with Crippen molar-refractivity contribution in [3.05, 3.63) is 0 Å². The Morgan fingerprint density at radius 2 is 2.07 bits per heavy atom. The van der Waals surface area contributed by atoms with E-state index in [2.05, 4.69) is 19.2 Å². The summed E-state index contributed by atoms with van der Waals surface area (Å²) in [6, 6.07) is 0. The second kappa shape index (κ2) is 5.41. The number of carbonyl (C=O) groups excluding carboxylic acids is 1. The molecule has 0 heterocycles. The number of nitrogens with one attached hydrogen (secondary N) is 1. The van der Waals surface area contributed by atoms with Crippen molar-refractivity contribution >= 4 is 30.1 Å². The number of nitrogens with two attached hydrogens (primary N) is 1. The molecule has 0 saturated heterocycles. The van der Waals surface area contributed by atoms with Crippen LogP contribution in [0, 0.1) is 0 Å². The fourth-order valence-electron chi connectivity index (χ4n) is 1.33. The van der Waals surface area contributed by atoms with Crippen LogP contribution < -0.4 is 11.1 Å². The van der Waals surface area contributed by atoms with Crippen LogP contribution in [-0.2, 0) is 4.79 Å². The van der Waals surface area contributed by atoms with Crippen molar-refractivity contribution in [2.75, 3.05) is 12.8 Å². The maximum Gasteiger partial charge on any atom is 0.240 e. The smallest absolute Gasteiger partial charge is 0.240 e. The lowest BCUT2D eigenvalue weighted by Gasteiger charge is -2.37. The maximum atomic E-state index is 11.7. The topological polar surface area (TPSA) is 55.1 Å². The van der Waals surface area contributed by atoms with Crippen molar-refractivity contribution in [2.24, 2.45) is 5.73 Å². The van der Waals surface area contributed by atoms with E-state index in [0.717, 1.165) is 19.3 Å². The van der Waals surface area contributed by atoms with Crippen LogP contribution in [-0.4, -0.2) is 29.0 Å². The molecule has 0 aromatic carbocycles. The largest absolute Gasteiger partial charge is 0.353 e. The van der Waals surface area contributed by atoms with E-state index in [0.29, 0.717) is 6.54 Å². The van der Waals surface area contributed by atoms with E-state index in [1.165, 1.54) is 0 Å². The molecule has 0 aliphatic heterocycles. The summed E-state index contributed by atoms with van der Waals surface area (Å²) >= 11 is 1.75. The fourth-order valence-corrected chi connectivity index (χ4v) is 1.54. The molecular weight excluding hydrogens is 232 g/mol. The van der Waals surface area contributed by atoms with Gasteiger partial charge < -0.3 is 11.1 Å². The molecule has 0 aromatic rings. The molecule has 0 spiro atoms. The third-order valence-corrected chi connectivity index (χ3v) is 4.17. The summed E-state index contributed by atoms with van der Waals surface area (Å²) in [5.41, 5.74) is 5.34. The van der Waals surface area contributed by atoms with Gasteiger partial charge in [0.25, 0.3) is 0 Å². The Labute approximate surface area is 102 Å². The second-order valence-electron chi connectivity index (χ2n) is 4.66. The minimum Gasteiger partial charge on any atom is -0.353 e. The number of hydrogen-bond donors (Lipinski definition) is 2. The molecule has 3 nitrogen and oxygen atoms in total. The van der Waals surface area contributed by atoms with Gasteiger partial charge in [0.1, 0.15) is 0 Å². The summed E-state index contributed by atoms with van der Waals surface area (Å²) in [5.74, 6) is 0.0193. The van der Waals surface area contributed by atoms with Gasteiger partial charge in [0.15, 0.2) is 0 Å². The van der Waals surface area contributed by atoms with E-state index >= 15 is 0 Å². The third-order valence-electron chi connectivity index (χ3n) is 2.93. The number of carbonyl (C=O) groups is 1. The first-order chi connectivity index (χ1) is 6.40. The highest BCUT2D eigenvalue weighted by atomic mass is 35.5. The predicted molar refractivity (Wildman–Crippen MR) is 68.6 cm³/mol. The van der Waals surface area contributed by atoms with Gasteiger partial charge in [-0.25, -0.2) is 0 Å². The third kappa shape index (κ3) is 3.85. The number of rotatable bonds is 4. The van der Waals surface area contributed by atoms with E-state index in [1.54, 1.807) is 11.8 Å². The second-order valence-corrected chi connectivity index (χ2v) is 6.17. The maximum absolute atomic E-state index is 11.7. The lowest BCUT2D eigenvalue weighted by Crippen LogP contribution is -2.59. The van der Waals surface area contributed by atoms with E-state index in [4.69, 9.17) is 5.73 Å². The molecule has 0 bridgehead atoms. The Morgan fingerprint density at radius 3 is 2.40 bits per heavy atom. The van der Waals surface area contributed by atoms with Crippen molar-refractivity contribution in [3.8, 4) is 0 Å². The van der Waals surface area contributed by atoms with Gasteiger partial charge in [-0.1, -0.05) is 0 Å². The average molecular weight is 253 g/mol. The molecule has 0 aromatic heterocycles. The molecule has 1 aliphatic rings. The summed E-state index contributed by atoms with van der Waals surface area (Å²) in [6.07, 6.45) is 4.79. The van der Waals surface area contributed by atoms with Gasteiger partial charge in [-0.15, -0.1) is 12.4 Å². The van der Waals surface area contributed by atoms with Gasteiger partial charge in [-0.2, -0.15) is 11.8 Å². The minimum absolute atomic E-state index is 0. The quantitative estimate of drug-likeness (QED) is 0.798. The Hall–Kier alpha value is 0.0700. The monoisotopic (exact) mass is 252 g/mol. The first-order valence-corrected chi connectivity index (χ1v) is 6.24. The number of halogens is 1. The number of thioether (sulfide) groups is 1. The molecule has 0 unspecified atom stereocenters. The average Bonchev–Trinajstić information content (AvgIpc) is 2.10. The molecule has 0 atom stereocenters. The predicted octanol–water partition coefficient (Wildman–Crippen LogP) is 1.55. The van der Waals surface area contributed by atoms with Crippen molar-refractivity contribution in [1.82, 2.24) is 5.32 Å². The summed E-state index contributed by atoms with van der Waals surface area (Å²) in [6.45, 7) is 4.91. The lowest BCUT2D eigenvalue weighted by atomic mass is 9.77. The van der Waals surface area contributed by atoms with Crippen molar-refractivity contribution in [3.63, 3.8) is 0 Å². The first-order valence-electron chi connectivity index (χ1n) is 5.02. The van der Waals surface area contributed by atoms with Gasteiger partial charge >= 0.3 is 0 Å². The van der Waals surface area contributed by atoms with Gasteiger partial charge in [0.05, 0.1) is 5.54 Å². The summed E-state index contributed by atoms with van der Waals surface area (Å²) in [5, 5.41) is 2.93. The minimum atomic E-state index is -0.561. The van der Waals surface area contributed by atoms with Crippen LogP contribution in [0.15, 0.2) is 0 Å². The number of amides is 1. The first kappa shape index (κ1) is 15.1. The molecule has 15 heavy (non-hydrogen) atoms. The zero-order chi connectivity index (χ0) is 10.8. The van der Waals surface area contributed by atoms with Crippen molar-refractivity contribution in [1.29, 1.82) is 0 Å². The Bertz CT molecular complexity index is 229. The fraction of sp³-hybridized carbons (Fsp3) is 0.900. The Balaban J connectivity index is 0.00000196. The van der Waals surface area contributed by atoms with Crippen LogP contribution in [0.1, 0.15) is 33.1 Å². The highest BCUT2D eigenvalue weighted by molar-refractivity contribution is 7.99. The zero-order valence-corrected chi connectivity index (χ0v) is 11.3. The van der Waals surface area contributed by atoms with Crippen LogP contribution in [0.25, 0.3) is 0 Å². The van der Waals surface area contributed by atoms with Crippen molar-refractivity contribution in [2.45, 2.75) is 43.4 Å². The highest BCUT2D eigenvalue weighted by Gasteiger charge is 2.40. The van der Waals surface area contributed by atoms with Crippen LogP contribution in [0.3, 0.4) is 0 Å². The van der Waals surface area contributed by atoms with E-state index < -0.39 is 5.54 Å². The molecule has 1 aliphatic carbocycles. The van der Waals surface area contributed by atoms with Crippen LogP contribution in [0.5, 0.6) is 0 Å². The van der Waals surface area contributed by atoms with Crippen molar-refractivity contribution < 1.29 is 4.79 Å². The highest BCUT2D eigenvalue weighted by Crippen LogP contribution is 2.29. The van der Waals surface area contributed by atoms with Gasteiger partial charge in [0, 0.05) is 11.3 Å². The van der Waals surface area contributed by atoms with Crippen LogP contribution >= 0.6 is 24.2 Å². The molecule has 5 heteroatoms. The molecule has 1 saturated carbocycles. The molecular formula is C10H21ClN2OS. The molecule has 90 valence electrons. The number of hydrogen-bond acceptors (Lipinski definition) is 3. The SMILES string of the molecule is CSC(C)(C)CNC(=O)C1(N)CCC1.Cl. The molecule has 3 N–H and O–H groups in total. The zero-order valence-electron chi connectivity index (χ0n) is 9.63. The molecule has 1 amide bonds. The summed E-state index contributed by atoms with van der Waals surface area (Å²) in [4.78, 5) is 11.7. The Kier molecular flexibility index (Phi) is 5.44. The Morgan fingerprint density at radius 1 is 1.53 bits per heavy atom. The van der Waals surface area contributed by atoms with Crippen LogP contribution in [0.4, 0.5) is 0 Å². The van der Waals surface area contributed by atoms with Crippen LogP contribution in [0.2, 0.25) is 0 Å². The van der Waals surface area contributed by atoms with E-state index in [1.807, 2.05) is 6.26 Å². The standard InChI is InChI=1S/C10H20N2OS.ClH/c1-9(2,14-3)7-12-8(13)10(11)5-4-6-10;/h4-7,11H2,1-3H3,(H,12,13);1H. The molecule has 0 radical (unpaired) electrons. The summed E-state index contributed by atoms with van der Waals surface area (Å²) in [7, 11) is 0. The molecule has 1 rings (SSSR count). The summed E-state index contributed by atoms with van der Waals surface area (Å²) < 4.78 is 0.0930. The van der Waals surface area contributed by atoms with Gasteiger partial charge in [-0.3, -0.25) is 4.79 Å². The lowest BCUT2D eigenvalue weighted by molar-refractivity contribution is -0.129. The normalized spacial score (nSPS) is 18.7. The van der Waals surface area contributed by atoms with Gasteiger partial charge in [0.2, 0.25) is 5.91 Å².